The molecular weight excluding hydrogens is 288 g/mol. The third-order valence-corrected chi connectivity index (χ3v) is 5.80. The van der Waals surface area contributed by atoms with Gasteiger partial charge in [-0.25, -0.2) is 8.42 Å². The summed E-state index contributed by atoms with van der Waals surface area (Å²) in [6.07, 6.45) is 2.00. The molecule has 1 saturated heterocycles. The van der Waals surface area contributed by atoms with Crippen LogP contribution in [0.5, 0.6) is 0 Å². The van der Waals surface area contributed by atoms with Crippen LogP contribution in [0.3, 0.4) is 0 Å². The van der Waals surface area contributed by atoms with Crippen LogP contribution in [0.15, 0.2) is 23.1 Å². The lowest BCUT2D eigenvalue weighted by Crippen LogP contribution is -2.39. The van der Waals surface area contributed by atoms with Crippen LogP contribution in [0.4, 0.5) is 0 Å². The van der Waals surface area contributed by atoms with Crippen LogP contribution >= 0.6 is 0 Å². The van der Waals surface area contributed by atoms with Crippen LogP contribution in [0.25, 0.3) is 0 Å². The van der Waals surface area contributed by atoms with Crippen LogP contribution in [0, 0.1) is 13.8 Å². The normalized spacial score (nSPS) is 15.7. The van der Waals surface area contributed by atoms with E-state index in [2.05, 4.69) is 0 Å². The second kappa shape index (κ2) is 6.15. The van der Waals surface area contributed by atoms with E-state index in [-0.39, 0.29) is 17.3 Å². The van der Waals surface area contributed by atoms with Gasteiger partial charge in [-0.3, -0.25) is 4.79 Å². The Morgan fingerprint density at radius 1 is 1.19 bits per heavy atom. The maximum absolute atomic E-state index is 12.5. The minimum atomic E-state index is -3.62. The molecule has 1 aliphatic heterocycles. The number of rotatable bonds is 4. The Bertz CT molecular complexity index is 634. The molecule has 116 valence electrons. The van der Waals surface area contributed by atoms with Crippen molar-refractivity contribution in [1.29, 1.82) is 0 Å². The highest BCUT2D eigenvalue weighted by atomic mass is 32.2. The Morgan fingerprint density at radius 3 is 2.38 bits per heavy atom. The van der Waals surface area contributed by atoms with Crippen molar-refractivity contribution in [3.63, 3.8) is 0 Å². The van der Waals surface area contributed by atoms with Crippen molar-refractivity contribution in [3.8, 4) is 0 Å². The van der Waals surface area contributed by atoms with Gasteiger partial charge in [0.1, 0.15) is 0 Å². The monoisotopic (exact) mass is 310 g/mol. The molecule has 6 heteroatoms. The average molecular weight is 310 g/mol. The lowest BCUT2D eigenvalue weighted by molar-refractivity contribution is -0.130. The van der Waals surface area contributed by atoms with Gasteiger partial charge in [-0.2, -0.15) is 4.31 Å². The average Bonchev–Trinajstić information content (AvgIpc) is 2.95. The first-order valence-corrected chi connectivity index (χ1v) is 8.58. The lowest BCUT2D eigenvalue weighted by Gasteiger charge is -2.21. The summed E-state index contributed by atoms with van der Waals surface area (Å²) in [7, 11) is -2.16. The molecule has 0 saturated carbocycles. The summed E-state index contributed by atoms with van der Waals surface area (Å²) in [6.45, 7) is 5.18. The van der Waals surface area contributed by atoms with Crippen molar-refractivity contribution < 1.29 is 13.2 Å². The molecule has 0 aliphatic carbocycles. The fourth-order valence-electron chi connectivity index (χ4n) is 2.40. The topological polar surface area (TPSA) is 57.7 Å². The second-order valence-corrected chi connectivity index (χ2v) is 7.64. The SMILES string of the molecule is Cc1ccc(S(=O)(=O)N(C)CC(=O)N2CCCC2)cc1C. The highest BCUT2D eigenvalue weighted by Gasteiger charge is 2.26. The minimum Gasteiger partial charge on any atom is -0.342 e. The lowest BCUT2D eigenvalue weighted by atomic mass is 10.1. The van der Waals surface area contributed by atoms with Crippen molar-refractivity contribution in [3.05, 3.63) is 29.3 Å². The molecule has 0 spiro atoms. The summed E-state index contributed by atoms with van der Waals surface area (Å²) in [5.41, 5.74) is 1.97. The quantitative estimate of drug-likeness (QED) is 0.848. The zero-order valence-electron chi connectivity index (χ0n) is 12.8. The first-order chi connectivity index (χ1) is 9.82. The first kappa shape index (κ1) is 16.0. The number of carbonyl (C=O) groups is 1. The number of amides is 1. The van der Waals surface area contributed by atoms with E-state index < -0.39 is 10.0 Å². The molecule has 1 aromatic rings. The van der Waals surface area contributed by atoms with Gasteiger partial charge in [0.25, 0.3) is 0 Å². The van der Waals surface area contributed by atoms with Gasteiger partial charge in [0, 0.05) is 20.1 Å². The van der Waals surface area contributed by atoms with Crippen LogP contribution in [-0.4, -0.2) is 50.2 Å². The number of likely N-dealkylation sites (N-methyl/N-ethyl adjacent to an activating group) is 1. The third-order valence-electron chi connectivity index (χ3n) is 4.00. The van der Waals surface area contributed by atoms with Crippen LogP contribution in [0.2, 0.25) is 0 Å². The Morgan fingerprint density at radius 2 is 1.81 bits per heavy atom. The van der Waals surface area contributed by atoms with Gasteiger partial charge in [-0.15, -0.1) is 0 Å². The molecule has 0 aromatic heterocycles. The number of benzene rings is 1. The van der Waals surface area contributed by atoms with Crippen molar-refractivity contribution in [2.75, 3.05) is 26.7 Å². The predicted molar refractivity (Wildman–Crippen MR) is 81.5 cm³/mol. The predicted octanol–water partition coefficient (Wildman–Crippen LogP) is 1.55. The number of hydrogen-bond acceptors (Lipinski definition) is 3. The largest absolute Gasteiger partial charge is 0.342 e. The molecule has 2 rings (SSSR count). The molecule has 0 bridgehead atoms. The van der Waals surface area contributed by atoms with E-state index in [9.17, 15) is 13.2 Å². The Labute approximate surface area is 126 Å². The summed E-state index contributed by atoms with van der Waals surface area (Å²) in [5, 5.41) is 0. The van der Waals surface area contributed by atoms with Gasteiger partial charge >= 0.3 is 0 Å². The van der Waals surface area contributed by atoms with Crippen molar-refractivity contribution in [1.82, 2.24) is 9.21 Å². The number of sulfonamides is 1. The molecule has 21 heavy (non-hydrogen) atoms. The van der Waals surface area contributed by atoms with Crippen molar-refractivity contribution in [2.45, 2.75) is 31.6 Å². The zero-order chi connectivity index (χ0) is 15.6. The van der Waals surface area contributed by atoms with Crippen LogP contribution in [-0.2, 0) is 14.8 Å². The number of hydrogen-bond donors (Lipinski definition) is 0. The highest BCUT2D eigenvalue weighted by Crippen LogP contribution is 2.18. The van der Waals surface area contributed by atoms with Gasteiger partial charge in [-0.1, -0.05) is 6.07 Å². The second-order valence-electron chi connectivity index (χ2n) is 5.60. The molecule has 1 fully saturated rings. The molecule has 1 aromatic carbocycles. The van der Waals surface area contributed by atoms with E-state index in [0.717, 1.165) is 41.4 Å². The summed E-state index contributed by atoms with van der Waals surface area (Å²) in [4.78, 5) is 14.0. The third kappa shape index (κ3) is 3.44. The van der Waals surface area contributed by atoms with E-state index in [0.29, 0.717) is 0 Å². The summed E-state index contributed by atoms with van der Waals surface area (Å²) >= 11 is 0. The number of likely N-dealkylation sites (tertiary alicyclic amines) is 1. The molecule has 0 N–H and O–H groups in total. The molecule has 5 nitrogen and oxygen atoms in total. The van der Waals surface area contributed by atoms with E-state index in [1.807, 2.05) is 13.8 Å². The van der Waals surface area contributed by atoms with E-state index in [1.54, 1.807) is 23.1 Å². The van der Waals surface area contributed by atoms with Gasteiger partial charge in [-0.05, 0) is 49.9 Å². The molecule has 1 amide bonds. The van der Waals surface area contributed by atoms with Gasteiger partial charge in [0.2, 0.25) is 15.9 Å². The Hall–Kier alpha value is -1.40. The number of nitrogens with zero attached hydrogens (tertiary/aromatic N) is 2. The smallest absolute Gasteiger partial charge is 0.243 e. The number of carbonyl (C=O) groups excluding carboxylic acids is 1. The van der Waals surface area contributed by atoms with E-state index in [1.165, 1.54) is 7.05 Å². The maximum atomic E-state index is 12.5. The van der Waals surface area contributed by atoms with E-state index >= 15 is 0 Å². The summed E-state index contributed by atoms with van der Waals surface area (Å²) in [6, 6.07) is 5.04. The molecule has 0 atom stereocenters. The Balaban J connectivity index is 2.14. The van der Waals surface area contributed by atoms with Gasteiger partial charge < -0.3 is 4.90 Å². The molecule has 0 radical (unpaired) electrons. The summed E-state index contributed by atoms with van der Waals surface area (Å²) < 4.78 is 26.1. The minimum absolute atomic E-state index is 0.102. The highest BCUT2D eigenvalue weighted by molar-refractivity contribution is 7.89. The standard InChI is InChI=1S/C15H22N2O3S/c1-12-6-7-14(10-13(12)2)21(19,20)16(3)11-15(18)17-8-4-5-9-17/h6-7,10H,4-5,8-9,11H2,1-3H3. The fourth-order valence-corrected chi connectivity index (χ4v) is 3.60. The van der Waals surface area contributed by atoms with Crippen LogP contribution < -0.4 is 0 Å². The van der Waals surface area contributed by atoms with Crippen molar-refractivity contribution in [2.24, 2.45) is 0 Å². The number of aryl methyl sites for hydroxylation is 2. The van der Waals surface area contributed by atoms with Gasteiger partial charge in [0.05, 0.1) is 11.4 Å². The van der Waals surface area contributed by atoms with E-state index in [4.69, 9.17) is 0 Å². The first-order valence-electron chi connectivity index (χ1n) is 7.14. The van der Waals surface area contributed by atoms with Gasteiger partial charge in [0.15, 0.2) is 0 Å². The molecule has 0 unspecified atom stereocenters. The fraction of sp³-hybridized carbons (Fsp3) is 0.533. The van der Waals surface area contributed by atoms with Crippen LogP contribution in [0.1, 0.15) is 24.0 Å². The maximum Gasteiger partial charge on any atom is 0.243 e. The molecule has 1 heterocycles. The molecular formula is C15H22N2O3S. The van der Waals surface area contributed by atoms with Crippen molar-refractivity contribution >= 4 is 15.9 Å². The summed E-state index contributed by atoms with van der Waals surface area (Å²) in [5.74, 6) is -0.123. The molecule has 1 aliphatic rings. The Kier molecular flexibility index (Phi) is 4.68. The zero-order valence-corrected chi connectivity index (χ0v) is 13.6.